The van der Waals surface area contributed by atoms with Crippen LogP contribution in [0.25, 0.3) is 0 Å². The van der Waals surface area contributed by atoms with Crippen molar-refractivity contribution in [3.05, 3.63) is 45.7 Å². The summed E-state index contributed by atoms with van der Waals surface area (Å²) < 4.78 is 0. The van der Waals surface area contributed by atoms with E-state index in [1.54, 1.807) is 11.8 Å². The summed E-state index contributed by atoms with van der Waals surface area (Å²) in [5.41, 5.74) is 6.60. The van der Waals surface area contributed by atoms with E-state index in [9.17, 15) is 9.59 Å². The van der Waals surface area contributed by atoms with Crippen LogP contribution < -0.4 is 16.6 Å². The van der Waals surface area contributed by atoms with E-state index in [-0.39, 0.29) is 35.6 Å². The van der Waals surface area contributed by atoms with Gasteiger partial charge in [-0.2, -0.15) is 4.98 Å². The third-order valence-electron chi connectivity index (χ3n) is 3.49. The Hall–Kier alpha value is -2.28. The van der Waals surface area contributed by atoms with Crippen molar-refractivity contribution in [2.75, 3.05) is 17.3 Å². The average molecular weight is 302 g/mol. The van der Waals surface area contributed by atoms with Gasteiger partial charge in [-0.3, -0.25) is 14.6 Å². The molecule has 108 valence electrons. The number of aromatic nitrogens is 2. The van der Waals surface area contributed by atoms with E-state index < -0.39 is 0 Å². The molecule has 1 aliphatic rings. The molecule has 0 radical (unpaired) electrons. The predicted molar refractivity (Wildman–Crippen MR) is 82.6 cm³/mol. The number of nitrogens with one attached hydrogen (secondary N) is 2. The minimum absolute atomic E-state index is 0.00238. The molecule has 1 aromatic heterocycles. The summed E-state index contributed by atoms with van der Waals surface area (Å²) in [5, 5.41) is 2.61. The molecule has 4 N–H and O–H groups in total. The van der Waals surface area contributed by atoms with Crippen molar-refractivity contribution in [3.8, 4) is 0 Å². The molecule has 21 heavy (non-hydrogen) atoms. The summed E-state index contributed by atoms with van der Waals surface area (Å²) >= 11 is 1.64. The molecule has 1 atom stereocenters. The number of hydrogen-bond donors (Lipinski definition) is 3. The van der Waals surface area contributed by atoms with Crippen molar-refractivity contribution in [3.63, 3.8) is 0 Å². The molecule has 0 aliphatic carbocycles. The zero-order valence-corrected chi connectivity index (χ0v) is 12.2. The van der Waals surface area contributed by atoms with Gasteiger partial charge in [0.05, 0.1) is 5.56 Å². The van der Waals surface area contributed by atoms with Crippen molar-refractivity contribution >= 4 is 29.4 Å². The fourth-order valence-corrected chi connectivity index (χ4v) is 2.92. The number of fused-ring (bicyclic) bond motifs is 1. The lowest BCUT2D eigenvalue weighted by molar-refractivity contribution is -0.116. The highest BCUT2D eigenvalue weighted by atomic mass is 32.2. The van der Waals surface area contributed by atoms with E-state index in [1.165, 1.54) is 0 Å². The van der Waals surface area contributed by atoms with Crippen LogP contribution in [-0.2, 0) is 4.79 Å². The Morgan fingerprint density at radius 1 is 1.29 bits per heavy atom. The normalized spacial score (nSPS) is 17.2. The number of H-pyrrole nitrogens is 1. The number of nitrogens with two attached hydrogens (primary N) is 1. The fraction of sp³-hybridized carbons (Fsp3) is 0.214. The van der Waals surface area contributed by atoms with E-state index in [2.05, 4.69) is 15.3 Å². The van der Waals surface area contributed by atoms with Gasteiger partial charge in [0.25, 0.3) is 5.56 Å². The SMILES string of the molecule is CSc1ccc(C2CC(=O)Nc3nc(N)[nH]c(=O)c32)cc1. The lowest BCUT2D eigenvalue weighted by Gasteiger charge is -2.24. The minimum Gasteiger partial charge on any atom is -0.369 e. The first kappa shape index (κ1) is 13.7. The molecule has 1 aromatic carbocycles. The van der Waals surface area contributed by atoms with E-state index in [0.717, 1.165) is 10.5 Å². The van der Waals surface area contributed by atoms with Gasteiger partial charge in [0.15, 0.2) is 0 Å². The lowest BCUT2D eigenvalue weighted by atomic mass is 9.87. The van der Waals surface area contributed by atoms with Gasteiger partial charge in [-0.15, -0.1) is 11.8 Å². The fourth-order valence-electron chi connectivity index (χ4n) is 2.51. The van der Waals surface area contributed by atoms with Gasteiger partial charge in [-0.1, -0.05) is 12.1 Å². The standard InChI is InChI=1S/C14H14N4O2S/c1-21-8-4-2-7(3-5-8)9-6-10(19)16-12-11(9)13(20)18-14(15)17-12/h2-5,9H,6H2,1H3,(H4,15,16,17,18,19,20). The van der Waals surface area contributed by atoms with Crippen molar-refractivity contribution in [1.82, 2.24) is 9.97 Å². The van der Waals surface area contributed by atoms with Crippen molar-refractivity contribution in [2.24, 2.45) is 0 Å². The first-order valence-corrected chi connectivity index (χ1v) is 7.64. The second-order valence-corrected chi connectivity index (χ2v) is 5.67. The molecule has 0 saturated carbocycles. The predicted octanol–water partition coefficient (Wildman–Crippen LogP) is 1.55. The highest BCUT2D eigenvalue weighted by molar-refractivity contribution is 7.98. The van der Waals surface area contributed by atoms with Gasteiger partial charge in [0.1, 0.15) is 5.82 Å². The Morgan fingerprint density at radius 3 is 2.67 bits per heavy atom. The van der Waals surface area contributed by atoms with Gasteiger partial charge < -0.3 is 11.1 Å². The highest BCUT2D eigenvalue weighted by Gasteiger charge is 2.30. The van der Waals surface area contributed by atoms with Crippen LogP contribution in [0.2, 0.25) is 0 Å². The summed E-state index contributed by atoms with van der Waals surface area (Å²) in [4.78, 5) is 31.7. The Labute approximate surface area is 125 Å². The molecule has 1 aliphatic heterocycles. The molecule has 0 spiro atoms. The Morgan fingerprint density at radius 2 is 2.00 bits per heavy atom. The maximum atomic E-state index is 12.2. The molecule has 0 bridgehead atoms. The highest BCUT2D eigenvalue weighted by Crippen LogP contribution is 2.34. The number of rotatable bonds is 2. The molecular formula is C14H14N4O2S. The van der Waals surface area contributed by atoms with Gasteiger partial charge in [-0.25, -0.2) is 0 Å². The Bertz CT molecular complexity index is 755. The first-order valence-electron chi connectivity index (χ1n) is 6.42. The van der Waals surface area contributed by atoms with E-state index >= 15 is 0 Å². The van der Waals surface area contributed by atoms with Crippen molar-refractivity contribution in [1.29, 1.82) is 0 Å². The largest absolute Gasteiger partial charge is 0.369 e. The van der Waals surface area contributed by atoms with Crippen molar-refractivity contribution in [2.45, 2.75) is 17.2 Å². The number of nitrogen functional groups attached to an aromatic ring is 1. The smallest absolute Gasteiger partial charge is 0.258 e. The summed E-state index contributed by atoms with van der Waals surface area (Å²) in [6.45, 7) is 0. The minimum atomic E-state index is -0.309. The molecule has 0 saturated heterocycles. The van der Waals surface area contributed by atoms with Gasteiger partial charge in [-0.05, 0) is 24.0 Å². The number of aromatic amines is 1. The molecule has 2 aromatic rings. The second kappa shape index (κ2) is 5.25. The molecular weight excluding hydrogens is 288 g/mol. The number of thioether (sulfide) groups is 1. The molecule has 1 amide bonds. The van der Waals surface area contributed by atoms with E-state index in [1.807, 2.05) is 30.5 Å². The average Bonchev–Trinajstić information content (AvgIpc) is 2.45. The summed E-state index contributed by atoms with van der Waals surface area (Å²) in [6, 6.07) is 7.83. The van der Waals surface area contributed by atoms with Gasteiger partial charge in [0.2, 0.25) is 11.9 Å². The first-order chi connectivity index (χ1) is 10.1. The molecule has 0 fully saturated rings. The van der Waals surface area contributed by atoms with Crippen molar-refractivity contribution < 1.29 is 4.79 Å². The van der Waals surface area contributed by atoms with Crippen LogP contribution in [-0.4, -0.2) is 22.1 Å². The Balaban J connectivity index is 2.12. The zero-order chi connectivity index (χ0) is 15.0. The number of amides is 1. The number of hydrogen-bond acceptors (Lipinski definition) is 5. The molecule has 3 rings (SSSR count). The Kier molecular flexibility index (Phi) is 3.42. The molecule has 6 nitrogen and oxygen atoms in total. The summed E-state index contributed by atoms with van der Waals surface area (Å²) in [7, 11) is 0. The molecule has 7 heteroatoms. The number of benzene rings is 1. The second-order valence-electron chi connectivity index (χ2n) is 4.79. The summed E-state index contributed by atoms with van der Waals surface area (Å²) in [6.07, 6.45) is 2.22. The van der Waals surface area contributed by atoms with Gasteiger partial charge in [0, 0.05) is 17.2 Å². The van der Waals surface area contributed by atoms with Crippen LogP contribution in [0.15, 0.2) is 34.0 Å². The van der Waals surface area contributed by atoms with Crippen LogP contribution in [0, 0.1) is 0 Å². The van der Waals surface area contributed by atoms with Crippen LogP contribution in [0.3, 0.4) is 0 Å². The maximum absolute atomic E-state index is 12.2. The monoisotopic (exact) mass is 302 g/mol. The number of anilines is 2. The zero-order valence-electron chi connectivity index (χ0n) is 11.3. The van der Waals surface area contributed by atoms with Gasteiger partial charge >= 0.3 is 0 Å². The van der Waals surface area contributed by atoms with E-state index in [0.29, 0.717) is 5.56 Å². The number of carbonyl (C=O) groups is 1. The topological polar surface area (TPSA) is 101 Å². The summed E-state index contributed by atoms with van der Waals surface area (Å²) in [5.74, 6) is -0.218. The maximum Gasteiger partial charge on any atom is 0.258 e. The van der Waals surface area contributed by atoms with Crippen LogP contribution in [0.5, 0.6) is 0 Å². The van der Waals surface area contributed by atoms with Crippen LogP contribution in [0.1, 0.15) is 23.5 Å². The van der Waals surface area contributed by atoms with Crippen LogP contribution >= 0.6 is 11.8 Å². The lowest BCUT2D eigenvalue weighted by Crippen LogP contribution is -2.31. The number of carbonyl (C=O) groups excluding carboxylic acids is 1. The molecule has 2 heterocycles. The van der Waals surface area contributed by atoms with E-state index in [4.69, 9.17) is 5.73 Å². The third kappa shape index (κ3) is 2.52. The molecule has 1 unspecified atom stereocenters. The third-order valence-corrected chi connectivity index (χ3v) is 4.23. The quantitative estimate of drug-likeness (QED) is 0.731. The number of nitrogens with zero attached hydrogens (tertiary/aromatic N) is 1. The van der Waals surface area contributed by atoms with Crippen LogP contribution in [0.4, 0.5) is 11.8 Å².